The molecule has 0 amide bonds. The highest BCUT2D eigenvalue weighted by molar-refractivity contribution is 7.09. The molecule has 0 aliphatic carbocycles. The van der Waals surface area contributed by atoms with E-state index < -0.39 is 0 Å². The number of nitrogens with zero attached hydrogens (tertiary/aromatic N) is 3. The maximum atomic E-state index is 11.8. The van der Waals surface area contributed by atoms with Crippen LogP contribution in [0.2, 0.25) is 0 Å². The Morgan fingerprint density at radius 2 is 1.89 bits per heavy atom. The third-order valence-electron chi connectivity index (χ3n) is 4.57. The van der Waals surface area contributed by atoms with Gasteiger partial charge in [0.1, 0.15) is 0 Å². The fraction of sp³-hybridized carbons (Fsp3) is 0.273. The standard InChI is InChI=1S/C22H26N4OS/c1-23-22(25(2)14-12-20-6-5-15-28-20)24-16-18-8-10-19(11-9-18)17-26-13-4-3-7-21(26)27/h3-11,13,15H,12,14,16-17H2,1-2H3,(H,23,24). The van der Waals surface area contributed by atoms with Crippen LogP contribution in [0.25, 0.3) is 0 Å². The van der Waals surface area contributed by atoms with Crippen molar-refractivity contribution in [2.75, 3.05) is 20.6 Å². The van der Waals surface area contributed by atoms with E-state index in [4.69, 9.17) is 0 Å². The molecule has 3 rings (SSSR count). The van der Waals surface area contributed by atoms with E-state index in [2.05, 4.69) is 64.0 Å². The number of likely N-dealkylation sites (N-methyl/N-ethyl adjacent to an activating group) is 1. The van der Waals surface area contributed by atoms with Gasteiger partial charge in [0.25, 0.3) is 5.56 Å². The molecule has 0 radical (unpaired) electrons. The van der Waals surface area contributed by atoms with E-state index in [0.717, 1.165) is 24.5 Å². The predicted molar refractivity (Wildman–Crippen MR) is 117 cm³/mol. The molecule has 0 spiro atoms. The second-order valence-corrected chi connectivity index (χ2v) is 7.67. The molecule has 0 saturated carbocycles. The Morgan fingerprint density at radius 1 is 1.11 bits per heavy atom. The Hall–Kier alpha value is -2.86. The Morgan fingerprint density at radius 3 is 2.57 bits per heavy atom. The smallest absolute Gasteiger partial charge is 0.250 e. The van der Waals surface area contributed by atoms with Gasteiger partial charge < -0.3 is 14.8 Å². The summed E-state index contributed by atoms with van der Waals surface area (Å²) < 4.78 is 1.71. The van der Waals surface area contributed by atoms with Crippen LogP contribution in [0.5, 0.6) is 0 Å². The predicted octanol–water partition coefficient (Wildman–Crippen LogP) is 3.21. The molecule has 0 fully saturated rings. The number of benzene rings is 1. The van der Waals surface area contributed by atoms with E-state index in [0.29, 0.717) is 13.1 Å². The minimum Gasteiger partial charge on any atom is -0.352 e. The van der Waals surface area contributed by atoms with Crippen LogP contribution in [0.4, 0.5) is 0 Å². The van der Waals surface area contributed by atoms with Crippen molar-refractivity contribution in [1.82, 2.24) is 14.8 Å². The summed E-state index contributed by atoms with van der Waals surface area (Å²) >= 11 is 1.79. The van der Waals surface area contributed by atoms with Crippen LogP contribution in [0.15, 0.2) is 76.0 Å². The molecule has 1 N–H and O–H groups in total. The van der Waals surface area contributed by atoms with Crippen molar-refractivity contribution in [3.8, 4) is 0 Å². The van der Waals surface area contributed by atoms with Crippen LogP contribution >= 0.6 is 11.3 Å². The third-order valence-corrected chi connectivity index (χ3v) is 5.51. The monoisotopic (exact) mass is 394 g/mol. The lowest BCUT2D eigenvalue weighted by molar-refractivity contribution is 0.486. The Labute approximate surface area is 170 Å². The van der Waals surface area contributed by atoms with Crippen molar-refractivity contribution in [3.05, 3.63) is 92.5 Å². The molecule has 6 heteroatoms. The topological polar surface area (TPSA) is 49.6 Å². The largest absolute Gasteiger partial charge is 0.352 e. The summed E-state index contributed by atoms with van der Waals surface area (Å²) in [4.78, 5) is 19.7. The molecule has 0 aliphatic heterocycles. The number of thiophene rings is 1. The number of rotatable bonds is 7. The summed E-state index contributed by atoms with van der Waals surface area (Å²) in [6.45, 7) is 2.22. The van der Waals surface area contributed by atoms with Crippen molar-refractivity contribution in [2.45, 2.75) is 19.5 Å². The molecule has 0 unspecified atom stereocenters. The van der Waals surface area contributed by atoms with Crippen LogP contribution < -0.4 is 10.9 Å². The Bertz CT molecular complexity index is 945. The van der Waals surface area contributed by atoms with Crippen molar-refractivity contribution in [1.29, 1.82) is 0 Å². The molecule has 0 atom stereocenters. The molecular formula is C22H26N4OS. The molecular weight excluding hydrogens is 368 g/mol. The quantitative estimate of drug-likeness (QED) is 0.495. The van der Waals surface area contributed by atoms with E-state index in [1.54, 1.807) is 28.0 Å². The summed E-state index contributed by atoms with van der Waals surface area (Å²) in [6, 6.07) is 17.8. The zero-order valence-electron chi connectivity index (χ0n) is 16.3. The zero-order chi connectivity index (χ0) is 19.8. The molecule has 0 saturated heterocycles. The average molecular weight is 395 g/mol. The van der Waals surface area contributed by atoms with Gasteiger partial charge in [-0.2, -0.15) is 0 Å². The van der Waals surface area contributed by atoms with Gasteiger partial charge in [-0.15, -0.1) is 11.3 Å². The summed E-state index contributed by atoms with van der Waals surface area (Å²) in [6.07, 6.45) is 2.83. The zero-order valence-corrected chi connectivity index (χ0v) is 17.2. The van der Waals surface area contributed by atoms with Gasteiger partial charge in [-0.1, -0.05) is 36.4 Å². The Balaban J connectivity index is 1.51. The molecule has 3 aromatic rings. The first kappa shape index (κ1) is 19.9. The van der Waals surface area contributed by atoms with Gasteiger partial charge in [-0.25, -0.2) is 0 Å². The molecule has 0 aliphatic rings. The molecule has 28 heavy (non-hydrogen) atoms. The van der Waals surface area contributed by atoms with E-state index in [1.807, 2.05) is 19.3 Å². The number of nitrogens with one attached hydrogen (secondary N) is 1. The van der Waals surface area contributed by atoms with E-state index in [9.17, 15) is 4.79 Å². The van der Waals surface area contributed by atoms with Gasteiger partial charge >= 0.3 is 0 Å². The lowest BCUT2D eigenvalue weighted by Crippen LogP contribution is -2.39. The Kier molecular flexibility index (Phi) is 7.03. The van der Waals surface area contributed by atoms with Crippen molar-refractivity contribution in [2.24, 2.45) is 4.99 Å². The lowest BCUT2D eigenvalue weighted by atomic mass is 10.1. The number of aliphatic imine (C=N–C) groups is 1. The molecule has 2 aromatic heterocycles. The molecule has 0 bridgehead atoms. The highest BCUT2D eigenvalue weighted by Gasteiger charge is 2.06. The fourth-order valence-electron chi connectivity index (χ4n) is 2.95. The van der Waals surface area contributed by atoms with E-state index >= 15 is 0 Å². The molecule has 2 heterocycles. The summed E-state index contributed by atoms with van der Waals surface area (Å²) in [5.41, 5.74) is 2.30. The first-order valence-electron chi connectivity index (χ1n) is 9.33. The summed E-state index contributed by atoms with van der Waals surface area (Å²) in [5, 5.41) is 5.53. The maximum absolute atomic E-state index is 11.8. The first-order chi connectivity index (χ1) is 13.7. The fourth-order valence-corrected chi connectivity index (χ4v) is 3.65. The number of pyridine rings is 1. The van der Waals surface area contributed by atoms with E-state index in [1.165, 1.54) is 10.4 Å². The van der Waals surface area contributed by atoms with Crippen molar-refractivity contribution < 1.29 is 0 Å². The normalized spacial score (nSPS) is 11.4. The highest BCUT2D eigenvalue weighted by Crippen LogP contribution is 2.10. The minimum atomic E-state index is 0.0163. The second-order valence-electron chi connectivity index (χ2n) is 6.63. The van der Waals surface area contributed by atoms with Crippen LogP contribution in [0.1, 0.15) is 16.0 Å². The second kappa shape index (κ2) is 9.90. The van der Waals surface area contributed by atoms with E-state index in [-0.39, 0.29) is 5.56 Å². The van der Waals surface area contributed by atoms with Crippen molar-refractivity contribution >= 4 is 17.3 Å². The molecule has 5 nitrogen and oxygen atoms in total. The molecule has 1 aromatic carbocycles. The van der Waals surface area contributed by atoms with Gasteiger partial charge in [0.15, 0.2) is 5.96 Å². The van der Waals surface area contributed by atoms with Crippen molar-refractivity contribution in [3.63, 3.8) is 0 Å². The first-order valence-corrected chi connectivity index (χ1v) is 10.2. The van der Waals surface area contributed by atoms with Crippen LogP contribution in [0, 0.1) is 0 Å². The number of hydrogen-bond donors (Lipinski definition) is 1. The number of aromatic nitrogens is 1. The van der Waals surface area contributed by atoms with Gasteiger partial charge in [0.05, 0.1) is 6.54 Å². The lowest BCUT2D eigenvalue weighted by Gasteiger charge is -2.22. The number of guanidine groups is 1. The SMILES string of the molecule is CN=C(NCc1ccc(Cn2ccccc2=O)cc1)N(C)CCc1cccs1. The third kappa shape index (κ3) is 5.57. The minimum absolute atomic E-state index is 0.0163. The average Bonchev–Trinajstić information content (AvgIpc) is 3.23. The highest BCUT2D eigenvalue weighted by atomic mass is 32.1. The van der Waals surface area contributed by atoms with Crippen LogP contribution in [0.3, 0.4) is 0 Å². The number of hydrogen-bond acceptors (Lipinski definition) is 3. The van der Waals surface area contributed by atoms with Gasteiger partial charge in [0.2, 0.25) is 0 Å². The van der Waals surface area contributed by atoms with Crippen LogP contribution in [-0.2, 0) is 19.5 Å². The van der Waals surface area contributed by atoms with Gasteiger partial charge in [-0.3, -0.25) is 9.79 Å². The molecule has 146 valence electrons. The van der Waals surface area contributed by atoms with Crippen LogP contribution in [-0.4, -0.2) is 36.1 Å². The maximum Gasteiger partial charge on any atom is 0.250 e. The van der Waals surface area contributed by atoms with Gasteiger partial charge in [-0.05, 0) is 35.1 Å². The summed E-state index contributed by atoms with van der Waals surface area (Å²) in [5.74, 6) is 0.886. The van der Waals surface area contributed by atoms with Gasteiger partial charge in [0, 0.05) is 44.3 Å². The summed E-state index contributed by atoms with van der Waals surface area (Å²) in [7, 11) is 3.87.